The maximum absolute atomic E-state index is 13.4. The fourth-order valence-electron chi connectivity index (χ4n) is 3.77. The van der Waals surface area contributed by atoms with Gasteiger partial charge in [0.25, 0.3) is 5.91 Å². The van der Waals surface area contributed by atoms with Gasteiger partial charge >= 0.3 is 0 Å². The molecule has 7 heteroatoms. The van der Waals surface area contributed by atoms with E-state index >= 15 is 0 Å². The Labute approximate surface area is 169 Å². The van der Waals surface area contributed by atoms with Crippen molar-refractivity contribution in [3.8, 4) is 5.75 Å². The molecule has 0 radical (unpaired) electrons. The van der Waals surface area contributed by atoms with Gasteiger partial charge in [-0.2, -0.15) is 0 Å². The first-order valence-corrected chi connectivity index (χ1v) is 9.29. The van der Waals surface area contributed by atoms with Crippen LogP contribution in [0.3, 0.4) is 0 Å². The lowest BCUT2D eigenvalue weighted by Crippen LogP contribution is -2.29. The van der Waals surface area contributed by atoms with Crippen LogP contribution >= 0.6 is 11.6 Å². The molecule has 0 aliphatic carbocycles. The molecule has 1 atom stereocenters. The Morgan fingerprint density at radius 3 is 2.69 bits per heavy atom. The zero-order chi connectivity index (χ0) is 20.1. The summed E-state index contributed by atoms with van der Waals surface area (Å²) in [4.78, 5) is 28.1. The Balaban J connectivity index is 1.77. The first kappa shape index (κ1) is 17.6. The van der Waals surface area contributed by atoms with Gasteiger partial charge in [0.2, 0.25) is 5.76 Å². The molecule has 1 aliphatic rings. The number of rotatable bonds is 3. The fourth-order valence-corrected chi connectivity index (χ4v) is 3.94. The van der Waals surface area contributed by atoms with E-state index in [1.54, 1.807) is 36.4 Å². The average molecular weight is 408 g/mol. The molecular formula is C22H14ClNO5. The number of phenols is 1. The first-order valence-electron chi connectivity index (χ1n) is 8.91. The third-order valence-electron chi connectivity index (χ3n) is 5.02. The minimum absolute atomic E-state index is 0.00952. The molecular weight excluding hydrogens is 394 g/mol. The number of hydrogen-bond donors (Lipinski definition) is 1. The van der Waals surface area contributed by atoms with Crippen molar-refractivity contribution < 1.29 is 18.7 Å². The lowest BCUT2D eigenvalue weighted by Gasteiger charge is -2.24. The number of nitrogens with zero attached hydrogens (tertiary/aromatic N) is 1. The van der Waals surface area contributed by atoms with Gasteiger partial charge in [0.15, 0.2) is 5.43 Å². The predicted molar refractivity (Wildman–Crippen MR) is 106 cm³/mol. The Morgan fingerprint density at radius 1 is 1.07 bits per heavy atom. The summed E-state index contributed by atoms with van der Waals surface area (Å²) in [6, 6.07) is 13.9. The van der Waals surface area contributed by atoms with E-state index < -0.39 is 11.9 Å². The van der Waals surface area contributed by atoms with E-state index in [-0.39, 0.29) is 29.0 Å². The highest BCUT2D eigenvalue weighted by Gasteiger charge is 2.43. The van der Waals surface area contributed by atoms with E-state index in [1.165, 1.54) is 29.4 Å². The summed E-state index contributed by atoms with van der Waals surface area (Å²) in [6.07, 6.45) is 1.52. The van der Waals surface area contributed by atoms with Gasteiger partial charge in [-0.15, -0.1) is 0 Å². The zero-order valence-corrected chi connectivity index (χ0v) is 15.7. The highest BCUT2D eigenvalue weighted by atomic mass is 35.5. The molecule has 5 rings (SSSR count). The number of carbonyl (C=O) groups is 1. The third kappa shape index (κ3) is 2.80. The van der Waals surface area contributed by atoms with Gasteiger partial charge < -0.3 is 18.8 Å². The van der Waals surface area contributed by atoms with Crippen LogP contribution in [0, 0.1) is 0 Å². The lowest BCUT2D eigenvalue weighted by molar-refractivity contribution is 0.0701. The summed E-state index contributed by atoms with van der Waals surface area (Å²) < 4.78 is 11.2. The van der Waals surface area contributed by atoms with Crippen molar-refractivity contribution in [2.45, 2.75) is 12.6 Å². The number of aromatic hydroxyl groups is 1. The highest BCUT2D eigenvalue weighted by Crippen LogP contribution is 2.40. The molecule has 0 bridgehead atoms. The molecule has 0 saturated heterocycles. The van der Waals surface area contributed by atoms with Crippen molar-refractivity contribution in [1.82, 2.24) is 4.90 Å². The number of phenolic OH excluding ortho intramolecular Hbond substituents is 1. The molecule has 1 amide bonds. The third-order valence-corrected chi connectivity index (χ3v) is 5.26. The van der Waals surface area contributed by atoms with Crippen LogP contribution in [0.1, 0.15) is 33.5 Å². The minimum atomic E-state index is -0.727. The van der Waals surface area contributed by atoms with Crippen LogP contribution in [-0.2, 0) is 6.54 Å². The van der Waals surface area contributed by atoms with Crippen LogP contribution in [0.25, 0.3) is 11.0 Å². The van der Waals surface area contributed by atoms with Crippen LogP contribution in [0.4, 0.5) is 0 Å². The molecule has 4 aromatic rings. The summed E-state index contributed by atoms with van der Waals surface area (Å²) in [5.41, 5.74) is 0.785. The fraction of sp³-hybridized carbons (Fsp3) is 0.0909. The second kappa shape index (κ2) is 6.53. The molecule has 6 nitrogen and oxygen atoms in total. The maximum Gasteiger partial charge on any atom is 0.291 e. The van der Waals surface area contributed by atoms with Gasteiger partial charge in [0.05, 0.1) is 29.8 Å². The summed E-state index contributed by atoms with van der Waals surface area (Å²) in [7, 11) is 0. The van der Waals surface area contributed by atoms with Gasteiger partial charge in [-0.1, -0.05) is 23.7 Å². The quantitative estimate of drug-likeness (QED) is 0.541. The number of hydrogen-bond acceptors (Lipinski definition) is 5. The van der Waals surface area contributed by atoms with Gasteiger partial charge in [-0.05, 0) is 48.0 Å². The Kier molecular flexibility index (Phi) is 3.96. The van der Waals surface area contributed by atoms with Crippen molar-refractivity contribution in [3.05, 3.63) is 98.8 Å². The Bertz CT molecular complexity index is 1310. The van der Waals surface area contributed by atoms with Gasteiger partial charge in [0.1, 0.15) is 17.1 Å². The normalized spacial score (nSPS) is 15.8. The monoisotopic (exact) mass is 407 g/mol. The van der Waals surface area contributed by atoms with Crippen LogP contribution in [-0.4, -0.2) is 15.9 Å². The van der Waals surface area contributed by atoms with E-state index in [9.17, 15) is 14.7 Å². The number of furan rings is 1. The molecule has 3 heterocycles. The molecule has 0 fully saturated rings. The number of carbonyl (C=O) groups excluding carboxylic acids is 1. The van der Waals surface area contributed by atoms with E-state index in [2.05, 4.69) is 0 Å². The van der Waals surface area contributed by atoms with Crippen LogP contribution in [0.15, 0.2) is 74.5 Å². The largest absolute Gasteiger partial charge is 0.508 e. The predicted octanol–water partition coefficient (Wildman–Crippen LogP) is 4.49. The lowest BCUT2D eigenvalue weighted by atomic mass is 9.98. The molecule has 2 aromatic carbocycles. The number of fused-ring (bicyclic) bond motifs is 2. The minimum Gasteiger partial charge on any atom is -0.508 e. The maximum atomic E-state index is 13.4. The van der Waals surface area contributed by atoms with E-state index in [1.807, 2.05) is 0 Å². The Morgan fingerprint density at radius 2 is 1.93 bits per heavy atom. The molecule has 1 unspecified atom stereocenters. The smallest absolute Gasteiger partial charge is 0.291 e. The number of benzene rings is 2. The van der Waals surface area contributed by atoms with E-state index in [0.717, 1.165) is 0 Å². The molecule has 0 saturated carbocycles. The highest BCUT2D eigenvalue weighted by molar-refractivity contribution is 6.31. The van der Waals surface area contributed by atoms with Gasteiger partial charge in [-0.3, -0.25) is 9.59 Å². The zero-order valence-electron chi connectivity index (χ0n) is 15.0. The number of amides is 1. The van der Waals surface area contributed by atoms with Crippen molar-refractivity contribution in [3.63, 3.8) is 0 Å². The van der Waals surface area contributed by atoms with Crippen LogP contribution in [0.5, 0.6) is 5.75 Å². The number of halogens is 1. The topological polar surface area (TPSA) is 83.9 Å². The van der Waals surface area contributed by atoms with Crippen LogP contribution < -0.4 is 5.43 Å². The van der Waals surface area contributed by atoms with Crippen molar-refractivity contribution in [2.75, 3.05) is 0 Å². The summed E-state index contributed by atoms with van der Waals surface area (Å²) in [5.74, 6) is 0.175. The van der Waals surface area contributed by atoms with Crippen molar-refractivity contribution >= 4 is 28.5 Å². The molecule has 1 aliphatic heterocycles. The van der Waals surface area contributed by atoms with E-state index in [4.69, 9.17) is 20.4 Å². The SMILES string of the molecule is O=C1c2oc3ccc(Cl)cc3c(=O)c2C(c2cccc(O)c2)N1Cc1ccco1. The van der Waals surface area contributed by atoms with Crippen molar-refractivity contribution in [1.29, 1.82) is 0 Å². The molecule has 2 aromatic heterocycles. The summed E-state index contributed by atoms with van der Waals surface area (Å²) >= 11 is 6.06. The Hall–Kier alpha value is -3.51. The summed E-state index contributed by atoms with van der Waals surface area (Å²) in [5, 5.41) is 10.7. The van der Waals surface area contributed by atoms with Crippen molar-refractivity contribution in [2.24, 2.45) is 0 Å². The second-order valence-corrected chi connectivity index (χ2v) is 7.26. The first-order chi connectivity index (χ1) is 14.0. The van der Waals surface area contributed by atoms with Gasteiger partial charge in [-0.25, -0.2) is 0 Å². The van der Waals surface area contributed by atoms with E-state index in [0.29, 0.717) is 27.3 Å². The van der Waals surface area contributed by atoms with Crippen LogP contribution in [0.2, 0.25) is 5.02 Å². The average Bonchev–Trinajstić information content (AvgIpc) is 3.31. The molecule has 29 heavy (non-hydrogen) atoms. The molecule has 144 valence electrons. The molecule has 1 N–H and O–H groups in total. The van der Waals surface area contributed by atoms with Gasteiger partial charge in [0, 0.05) is 5.02 Å². The summed E-state index contributed by atoms with van der Waals surface area (Å²) in [6.45, 7) is 0.146. The molecule has 0 spiro atoms. The standard InChI is InChI=1S/C22H14ClNO5/c23-13-6-7-17-16(10-13)20(26)18-19(12-3-1-4-14(25)9-12)24(22(27)21(18)29-17)11-15-5-2-8-28-15/h1-10,19,25H,11H2. The second-order valence-electron chi connectivity index (χ2n) is 6.82.